The molecule has 0 bridgehead atoms. The maximum absolute atomic E-state index is 11.7. The summed E-state index contributed by atoms with van der Waals surface area (Å²) in [5, 5.41) is 2.93. The molecule has 0 saturated carbocycles. The number of nitrogens with one attached hydrogen (secondary N) is 1. The van der Waals surface area contributed by atoms with Gasteiger partial charge in [-0.2, -0.15) is 0 Å². The highest BCUT2D eigenvalue weighted by Gasteiger charge is 2.12. The molecule has 0 saturated heterocycles. The van der Waals surface area contributed by atoms with Crippen LogP contribution < -0.4 is 5.32 Å². The van der Waals surface area contributed by atoms with Crippen molar-refractivity contribution in [3.05, 3.63) is 29.3 Å². The summed E-state index contributed by atoms with van der Waals surface area (Å²) >= 11 is 0. The Morgan fingerprint density at radius 3 is 2.79 bits per heavy atom. The number of carbonyl (C=O) groups excluding carboxylic acids is 1. The van der Waals surface area contributed by atoms with E-state index in [1.807, 2.05) is 6.07 Å². The third-order valence-electron chi connectivity index (χ3n) is 3.55. The van der Waals surface area contributed by atoms with Crippen LogP contribution in [0.15, 0.2) is 18.2 Å². The Morgan fingerprint density at radius 1 is 1.32 bits per heavy atom. The zero-order valence-corrected chi connectivity index (χ0v) is 11.7. The topological polar surface area (TPSA) is 41.6 Å². The monoisotopic (exact) mass is 262 g/mol. The number of rotatable bonds is 4. The number of hydrogen-bond acceptors (Lipinski definition) is 3. The smallest absolute Gasteiger partial charge is 0.226 e. The molecule has 0 aliphatic carbocycles. The van der Waals surface area contributed by atoms with Gasteiger partial charge in [0.15, 0.2) is 0 Å². The van der Waals surface area contributed by atoms with Gasteiger partial charge in [-0.25, -0.2) is 0 Å². The van der Waals surface area contributed by atoms with E-state index in [1.54, 1.807) is 7.11 Å². The molecule has 0 atom stereocenters. The Kier molecular flexibility index (Phi) is 4.93. The van der Waals surface area contributed by atoms with Crippen molar-refractivity contribution in [2.24, 2.45) is 0 Å². The molecule has 0 unspecified atom stereocenters. The SMILES string of the molecule is COCCC(=O)Nc1ccc2c(c1)CCN(C)CC2. The summed E-state index contributed by atoms with van der Waals surface area (Å²) in [4.78, 5) is 14.0. The number of carbonyl (C=O) groups is 1. The Morgan fingerprint density at radius 2 is 2.05 bits per heavy atom. The minimum Gasteiger partial charge on any atom is -0.384 e. The van der Waals surface area contributed by atoms with Gasteiger partial charge >= 0.3 is 0 Å². The fourth-order valence-electron chi connectivity index (χ4n) is 2.33. The van der Waals surface area contributed by atoms with Gasteiger partial charge in [0.1, 0.15) is 0 Å². The van der Waals surface area contributed by atoms with Gasteiger partial charge in [-0.05, 0) is 43.1 Å². The first kappa shape index (κ1) is 14.0. The van der Waals surface area contributed by atoms with E-state index in [-0.39, 0.29) is 5.91 Å². The second kappa shape index (κ2) is 6.68. The first-order valence-corrected chi connectivity index (χ1v) is 6.78. The van der Waals surface area contributed by atoms with E-state index >= 15 is 0 Å². The highest BCUT2D eigenvalue weighted by Crippen LogP contribution is 2.20. The lowest BCUT2D eigenvalue weighted by atomic mass is 10.0. The number of methoxy groups -OCH3 is 1. The standard InChI is InChI=1S/C15H22N2O2/c1-17-8-5-12-3-4-14(11-13(12)6-9-17)16-15(18)7-10-19-2/h3-4,11H,5-10H2,1-2H3,(H,16,18). The predicted molar refractivity (Wildman–Crippen MR) is 76.5 cm³/mol. The first-order chi connectivity index (χ1) is 9.19. The first-order valence-electron chi connectivity index (χ1n) is 6.78. The summed E-state index contributed by atoms with van der Waals surface area (Å²) in [6, 6.07) is 6.24. The van der Waals surface area contributed by atoms with Gasteiger partial charge in [0, 0.05) is 25.9 Å². The number of benzene rings is 1. The van der Waals surface area contributed by atoms with E-state index in [0.29, 0.717) is 13.0 Å². The molecule has 19 heavy (non-hydrogen) atoms. The van der Waals surface area contributed by atoms with Crippen LogP contribution in [0.3, 0.4) is 0 Å². The zero-order valence-electron chi connectivity index (χ0n) is 11.7. The fraction of sp³-hybridized carbons (Fsp3) is 0.533. The van der Waals surface area contributed by atoms with Crippen LogP contribution in [0.4, 0.5) is 5.69 Å². The van der Waals surface area contributed by atoms with Crippen LogP contribution in [0, 0.1) is 0 Å². The minimum absolute atomic E-state index is 0.00698. The quantitative estimate of drug-likeness (QED) is 0.898. The van der Waals surface area contributed by atoms with Crippen molar-refractivity contribution in [3.8, 4) is 0 Å². The largest absolute Gasteiger partial charge is 0.384 e. The maximum Gasteiger partial charge on any atom is 0.226 e. The Hall–Kier alpha value is -1.39. The van der Waals surface area contributed by atoms with Gasteiger partial charge in [-0.15, -0.1) is 0 Å². The number of fused-ring (bicyclic) bond motifs is 1. The lowest BCUT2D eigenvalue weighted by Gasteiger charge is -2.10. The summed E-state index contributed by atoms with van der Waals surface area (Å²) in [5.74, 6) is 0.00698. The van der Waals surface area contributed by atoms with Crippen LogP contribution >= 0.6 is 0 Å². The maximum atomic E-state index is 11.7. The van der Waals surface area contributed by atoms with Crippen molar-refractivity contribution < 1.29 is 9.53 Å². The molecular weight excluding hydrogens is 240 g/mol. The van der Waals surface area contributed by atoms with E-state index in [2.05, 4.69) is 29.4 Å². The molecule has 2 rings (SSSR count). The predicted octanol–water partition coefficient (Wildman–Crippen LogP) is 1.69. The molecule has 1 heterocycles. The van der Waals surface area contributed by atoms with Crippen molar-refractivity contribution in [2.75, 3.05) is 39.2 Å². The molecular formula is C15H22N2O2. The zero-order chi connectivity index (χ0) is 13.7. The minimum atomic E-state index is 0.00698. The second-order valence-corrected chi connectivity index (χ2v) is 5.08. The summed E-state index contributed by atoms with van der Waals surface area (Å²) in [6.45, 7) is 2.64. The molecule has 0 spiro atoms. The molecule has 0 radical (unpaired) electrons. The van der Waals surface area contributed by atoms with E-state index in [0.717, 1.165) is 31.6 Å². The Balaban J connectivity index is 2.02. The molecule has 1 aromatic carbocycles. The van der Waals surface area contributed by atoms with Gasteiger partial charge in [0.2, 0.25) is 5.91 Å². The van der Waals surface area contributed by atoms with Crippen LogP contribution in [0.25, 0.3) is 0 Å². The Labute approximate surface area is 114 Å². The van der Waals surface area contributed by atoms with E-state index < -0.39 is 0 Å². The van der Waals surface area contributed by atoms with E-state index in [1.165, 1.54) is 11.1 Å². The molecule has 1 aliphatic rings. The Bertz CT molecular complexity index is 446. The van der Waals surface area contributed by atoms with Gasteiger partial charge < -0.3 is 15.0 Å². The molecule has 1 N–H and O–H groups in total. The van der Waals surface area contributed by atoms with Crippen molar-refractivity contribution in [2.45, 2.75) is 19.3 Å². The average molecular weight is 262 g/mol. The third-order valence-corrected chi connectivity index (χ3v) is 3.55. The highest BCUT2D eigenvalue weighted by molar-refractivity contribution is 5.90. The molecule has 0 fully saturated rings. The van der Waals surface area contributed by atoms with Gasteiger partial charge in [0.25, 0.3) is 0 Å². The summed E-state index contributed by atoms with van der Waals surface area (Å²) in [7, 11) is 3.76. The lowest BCUT2D eigenvalue weighted by molar-refractivity contribution is -0.117. The van der Waals surface area contributed by atoms with Gasteiger partial charge in [0.05, 0.1) is 13.0 Å². The number of hydrogen-bond donors (Lipinski definition) is 1. The average Bonchev–Trinajstić information content (AvgIpc) is 2.59. The second-order valence-electron chi connectivity index (χ2n) is 5.08. The van der Waals surface area contributed by atoms with Crippen LogP contribution in [0.2, 0.25) is 0 Å². The van der Waals surface area contributed by atoms with Gasteiger partial charge in [-0.3, -0.25) is 4.79 Å². The van der Waals surface area contributed by atoms with Crippen molar-refractivity contribution in [1.29, 1.82) is 0 Å². The van der Waals surface area contributed by atoms with Crippen LogP contribution in [0.1, 0.15) is 17.5 Å². The number of likely N-dealkylation sites (N-methyl/N-ethyl adjacent to an activating group) is 1. The normalized spacial score (nSPS) is 15.7. The highest BCUT2D eigenvalue weighted by atomic mass is 16.5. The van der Waals surface area contributed by atoms with Gasteiger partial charge in [-0.1, -0.05) is 6.07 Å². The molecule has 4 nitrogen and oxygen atoms in total. The summed E-state index contributed by atoms with van der Waals surface area (Å²) in [6.07, 6.45) is 2.54. The van der Waals surface area contributed by atoms with Crippen LogP contribution in [-0.2, 0) is 22.4 Å². The van der Waals surface area contributed by atoms with Crippen LogP contribution in [-0.4, -0.2) is 44.7 Å². The molecule has 1 aromatic rings. The fourth-order valence-corrected chi connectivity index (χ4v) is 2.33. The van der Waals surface area contributed by atoms with Crippen molar-refractivity contribution >= 4 is 11.6 Å². The van der Waals surface area contributed by atoms with E-state index in [9.17, 15) is 4.79 Å². The van der Waals surface area contributed by atoms with Crippen molar-refractivity contribution in [1.82, 2.24) is 4.90 Å². The summed E-state index contributed by atoms with van der Waals surface area (Å²) < 4.78 is 4.90. The van der Waals surface area contributed by atoms with Crippen LogP contribution in [0.5, 0.6) is 0 Å². The number of ether oxygens (including phenoxy) is 1. The van der Waals surface area contributed by atoms with E-state index in [4.69, 9.17) is 4.74 Å². The number of amides is 1. The molecule has 0 aromatic heterocycles. The number of nitrogens with zero attached hydrogens (tertiary/aromatic N) is 1. The number of anilines is 1. The molecule has 104 valence electrons. The van der Waals surface area contributed by atoms with Crippen molar-refractivity contribution in [3.63, 3.8) is 0 Å². The lowest BCUT2D eigenvalue weighted by Crippen LogP contribution is -2.20. The third kappa shape index (κ3) is 4.04. The molecule has 1 aliphatic heterocycles. The molecule has 1 amide bonds. The summed E-state index contributed by atoms with van der Waals surface area (Å²) in [5.41, 5.74) is 3.65. The molecule has 4 heteroatoms.